The van der Waals surface area contributed by atoms with Gasteiger partial charge in [0.1, 0.15) is 12.9 Å². The van der Waals surface area contributed by atoms with Crippen LogP contribution in [0.25, 0.3) is 0 Å². The van der Waals surface area contributed by atoms with Crippen LogP contribution in [-0.4, -0.2) is 6.47 Å². The van der Waals surface area contributed by atoms with Crippen LogP contribution in [0.15, 0.2) is 21.1 Å². The second-order valence-corrected chi connectivity index (χ2v) is 19.5. The fourth-order valence-corrected chi connectivity index (χ4v) is 10.2. The maximum absolute atomic E-state index is 3.80. The van der Waals surface area contributed by atoms with Gasteiger partial charge in [-0.15, -0.1) is 0 Å². The van der Waals surface area contributed by atoms with Crippen molar-refractivity contribution in [1.29, 1.82) is 0 Å². The van der Waals surface area contributed by atoms with Gasteiger partial charge in [-0.3, -0.25) is 0 Å². The molecular formula is C10H2Br10. The highest BCUT2D eigenvalue weighted by Gasteiger charge is 2.71. The summed E-state index contributed by atoms with van der Waals surface area (Å²) < 4.78 is -0.447. The van der Waals surface area contributed by atoms with E-state index in [9.17, 15) is 0 Å². The first-order valence-corrected chi connectivity index (χ1v) is 12.7. The Kier molecular flexibility index (Phi) is 6.43. The van der Waals surface area contributed by atoms with E-state index in [0.29, 0.717) is 0 Å². The van der Waals surface area contributed by atoms with Crippen molar-refractivity contribution in [3.8, 4) is 0 Å². The number of halogens is 10. The van der Waals surface area contributed by atoms with E-state index in [1.165, 1.54) is 0 Å². The molecule has 0 atom stereocenters. The summed E-state index contributed by atoms with van der Waals surface area (Å²) in [5.74, 6) is 0. The molecule has 0 N–H and O–H groups in total. The molecule has 0 bridgehead atoms. The molecule has 1 aromatic rings. The van der Waals surface area contributed by atoms with Crippen molar-refractivity contribution in [3.63, 3.8) is 0 Å². The Hall–Kier alpha value is 4.02. The Balaban J connectivity index is 2.97. The van der Waals surface area contributed by atoms with Crippen LogP contribution in [0.4, 0.5) is 0 Å². The second-order valence-electron chi connectivity index (χ2n) is 4.08. The van der Waals surface area contributed by atoms with Gasteiger partial charge in [0.25, 0.3) is 0 Å². The van der Waals surface area contributed by atoms with E-state index < -0.39 is 12.9 Å². The molecular weight excluding hydrogens is 919 g/mol. The fourth-order valence-electron chi connectivity index (χ4n) is 1.84. The number of hydrogen-bond acceptors (Lipinski definition) is 0. The maximum Gasteiger partial charge on any atom is 0.137 e. The van der Waals surface area contributed by atoms with Gasteiger partial charge in [-0.05, 0) is 43.5 Å². The Labute approximate surface area is 201 Å². The first-order valence-electron chi connectivity index (χ1n) is 4.80. The van der Waals surface area contributed by atoms with E-state index in [1.807, 2.05) is 6.07 Å². The lowest BCUT2D eigenvalue weighted by atomic mass is 9.91. The first kappa shape index (κ1) is 20.3. The van der Waals surface area contributed by atoms with Crippen molar-refractivity contribution in [2.24, 2.45) is 0 Å². The van der Waals surface area contributed by atoms with Crippen molar-refractivity contribution >= 4 is 159 Å². The summed E-state index contributed by atoms with van der Waals surface area (Å²) in [5.41, 5.74) is 2.11. The molecule has 1 aliphatic carbocycles. The molecule has 1 aromatic carbocycles. The highest BCUT2D eigenvalue weighted by atomic mass is 79.9. The van der Waals surface area contributed by atoms with Gasteiger partial charge in [-0.25, -0.2) is 0 Å². The third-order valence-corrected chi connectivity index (χ3v) is 20.1. The third-order valence-electron chi connectivity index (χ3n) is 2.93. The lowest BCUT2D eigenvalue weighted by molar-refractivity contribution is 0.622. The average Bonchev–Trinajstić information content (AvgIpc) is 2.29. The Morgan fingerprint density at radius 2 is 1.10 bits per heavy atom. The summed E-state index contributed by atoms with van der Waals surface area (Å²) in [7, 11) is 0. The van der Waals surface area contributed by atoms with E-state index in [1.54, 1.807) is 0 Å². The normalized spacial score (nSPS) is 25.1. The lowest BCUT2D eigenvalue weighted by Gasteiger charge is -2.54. The summed E-state index contributed by atoms with van der Waals surface area (Å²) >= 11 is 37.5. The smallest absolute Gasteiger partial charge is 0.0672 e. The summed E-state index contributed by atoms with van der Waals surface area (Å²) in [5, 5.41) is 0. The largest absolute Gasteiger partial charge is 0.137 e. The van der Waals surface area contributed by atoms with E-state index in [2.05, 4.69) is 165 Å². The molecule has 10 heteroatoms. The molecule has 2 rings (SSSR count). The zero-order chi connectivity index (χ0) is 15.7. The summed E-state index contributed by atoms with van der Waals surface area (Å²) in [6, 6.07) is 4.05. The zero-order valence-electron chi connectivity index (χ0n) is 8.93. The minimum Gasteiger partial charge on any atom is -0.0672 e. The van der Waals surface area contributed by atoms with Crippen molar-refractivity contribution < 1.29 is 0 Å². The van der Waals surface area contributed by atoms with Crippen molar-refractivity contribution in [2.75, 3.05) is 0 Å². The predicted octanol–water partition coefficient (Wildman–Crippen LogP) is 9.08. The quantitative estimate of drug-likeness (QED) is 0.228. The number of benzene rings is 1. The molecule has 0 spiro atoms. The zero-order valence-corrected chi connectivity index (χ0v) is 24.8. The van der Waals surface area contributed by atoms with Crippen LogP contribution in [0.3, 0.4) is 0 Å². The summed E-state index contributed by atoms with van der Waals surface area (Å²) in [6.45, 7) is 0. The van der Waals surface area contributed by atoms with Gasteiger partial charge < -0.3 is 0 Å². The molecule has 0 aliphatic heterocycles. The maximum atomic E-state index is 3.80. The summed E-state index contributed by atoms with van der Waals surface area (Å²) in [4.78, 5) is 0. The lowest BCUT2D eigenvalue weighted by Crippen LogP contribution is -2.58. The van der Waals surface area contributed by atoms with Gasteiger partial charge in [0.2, 0.25) is 0 Å². The van der Waals surface area contributed by atoms with Crippen molar-refractivity contribution in [3.05, 3.63) is 32.2 Å². The van der Waals surface area contributed by atoms with Crippen LogP contribution in [0.1, 0.15) is 11.1 Å². The molecule has 20 heavy (non-hydrogen) atoms. The van der Waals surface area contributed by atoms with Gasteiger partial charge in [-0.1, -0.05) is 134 Å². The van der Waals surface area contributed by atoms with Gasteiger partial charge in [0, 0.05) is 14.5 Å². The Morgan fingerprint density at radius 3 is 1.60 bits per heavy atom. The van der Waals surface area contributed by atoms with Crippen LogP contribution in [-0.2, 0) is 6.47 Å². The number of alkyl halides is 8. The average molecular weight is 921 g/mol. The molecule has 0 nitrogen and oxygen atoms in total. The first-order chi connectivity index (χ1) is 8.80. The van der Waals surface area contributed by atoms with Gasteiger partial charge in [0.05, 0.1) is 0 Å². The minimum atomic E-state index is -0.622. The standard InChI is InChI=1S/C10H2Br10/c11-4-2-1-3-5(6(4)12)8(15,16)10(19,20)9(17,18)7(3,13)14/h1-2H. The van der Waals surface area contributed by atoms with Crippen LogP contribution >= 0.6 is 159 Å². The van der Waals surface area contributed by atoms with Crippen molar-refractivity contribution in [1.82, 2.24) is 0 Å². The number of hydrogen-bond donors (Lipinski definition) is 0. The molecule has 0 fully saturated rings. The molecule has 0 aromatic heterocycles. The van der Waals surface area contributed by atoms with Gasteiger partial charge in [0.15, 0.2) is 0 Å². The van der Waals surface area contributed by atoms with E-state index in [0.717, 1.165) is 20.1 Å². The minimum absolute atomic E-state index is 0.566. The molecule has 0 amide bonds. The molecule has 1 aliphatic rings. The fraction of sp³-hybridized carbons (Fsp3) is 0.400. The topological polar surface area (TPSA) is 0 Å². The van der Waals surface area contributed by atoms with E-state index in [4.69, 9.17) is 0 Å². The van der Waals surface area contributed by atoms with Gasteiger partial charge >= 0.3 is 0 Å². The van der Waals surface area contributed by atoms with Crippen LogP contribution in [0.2, 0.25) is 0 Å². The van der Waals surface area contributed by atoms with Crippen LogP contribution in [0.5, 0.6) is 0 Å². The molecule has 0 heterocycles. The van der Waals surface area contributed by atoms with Crippen LogP contribution < -0.4 is 0 Å². The Bertz CT molecular complexity index is 574. The van der Waals surface area contributed by atoms with E-state index >= 15 is 0 Å². The highest BCUT2D eigenvalue weighted by Crippen LogP contribution is 2.76. The second kappa shape index (κ2) is 6.32. The van der Waals surface area contributed by atoms with Crippen LogP contribution in [0, 0.1) is 0 Å². The highest BCUT2D eigenvalue weighted by molar-refractivity contribution is 9.34. The van der Waals surface area contributed by atoms with Crippen molar-refractivity contribution in [2.45, 2.75) is 12.9 Å². The molecule has 0 saturated carbocycles. The molecule has 0 saturated heterocycles. The van der Waals surface area contributed by atoms with E-state index in [-0.39, 0.29) is 0 Å². The molecule has 0 radical (unpaired) electrons. The van der Waals surface area contributed by atoms with Gasteiger partial charge in [-0.2, -0.15) is 0 Å². The molecule has 112 valence electrons. The monoisotopic (exact) mass is 911 g/mol. The SMILES string of the molecule is Brc1ccc2c(c1Br)C(Br)(Br)C(Br)(Br)C(Br)(Br)C2(Br)Br. The summed E-state index contributed by atoms with van der Waals surface area (Å²) in [6.07, 6.45) is 0. The Morgan fingerprint density at radius 1 is 0.650 bits per heavy atom. The number of fused-ring (bicyclic) bond motifs is 1. The predicted molar refractivity (Wildman–Crippen MR) is 122 cm³/mol. The number of rotatable bonds is 0. The molecule has 0 unspecified atom stereocenters. The third kappa shape index (κ3) is 2.70.